The van der Waals surface area contributed by atoms with Crippen molar-refractivity contribution in [3.63, 3.8) is 0 Å². The van der Waals surface area contributed by atoms with Gasteiger partial charge in [0.1, 0.15) is 0 Å². The van der Waals surface area contributed by atoms with Crippen molar-refractivity contribution in [2.45, 2.75) is 12.0 Å². The van der Waals surface area contributed by atoms with Crippen molar-refractivity contribution in [2.24, 2.45) is 4.99 Å². The second-order valence-corrected chi connectivity index (χ2v) is 7.78. The zero-order chi connectivity index (χ0) is 21.2. The van der Waals surface area contributed by atoms with Crippen LogP contribution < -0.4 is 10.6 Å². The first-order chi connectivity index (χ1) is 14.7. The van der Waals surface area contributed by atoms with Gasteiger partial charge >= 0.3 is 0 Å². The van der Waals surface area contributed by atoms with E-state index in [-0.39, 0.29) is 18.6 Å². The molecule has 0 aromatic heterocycles. The van der Waals surface area contributed by atoms with Crippen molar-refractivity contribution in [1.82, 2.24) is 15.5 Å². The van der Waals surface area contributed by atoms with E-state index < -0.39 is 0 Å². The van der Waals surface area contributed by atoms with Crippen molar-refractivity contribution < 1.29 is 9.84 Å². The Morgan fingerprint density at radius 3 is 2.43 bits per heavy atom. The number of hydrogen-bond acceptors (Lipinski definition) is 4. The lowest BCUT2D eigenvalue weighted by Gasteiger charge is -2.35. The highest BCUT2D eigenvalue weighted by molar-refractivity contribution is 6.30. The molecule has 0 radical (unpaired) electrons. The maximum atomic E-state index is 9.80. The van der Waals surface area contributed by atoms with E-state index in [2.05, 4.69) is 26.6 Å². The molecular weight excluding hydrogens is 400 g/mol. The van der Waals surface area contributed by atoms with Crippen molar-refractivity contribution in [3.05, 3.63) is 70.7 Å². The number of nitrogens with zero attached hydrogens (tertiary/aromatic N) is 2. The Bertz CT molecular complexity index is 797. The van der Waals surface area contributed by atoms with Gasteiger partial charge in [-0.2, -0.15) is 0 Å². The number of aliphatic hydroxyl groups is 1. The lowest BCUT2D eigenvalue weighted by molar-refractivity contribution is 0.0170. The number of benzene rings is 2. The minimum atomic E-state index is 0.00715. The van der Waals surface area contributed by atoms with Crippen LogP contribution in [0.15, 0.2) is 59.6 Å². The zero-order valence-corrected chi connectivity index (χ0v) is 18.2. The number of guanidine groups is 1. The average Bonchev–Trinajstić information content (AvgIpc) is 2.79. The summed E-state index contributed by atoms with van der Waals surface area (Å²) in [6.07, 6.45) is 0. The molecule has 2 aromatic rings. The molecule has 30 heavy (non-hydrogen) atoms. The van der Waals surface area contributed by atoms with Crippen LogP contribution in [-0.4, -0.2) is 69.0 Å². The fourth-order valence-electron chi connectivity index (χ4n) is 3.71. The third-order valence-electron chi connectivity index (χ3n) is 5.41. The first-order valence-corrected chi connectivity index (χ1v) is 10.8. The van der Waals surface area contributed by atoms with Crippen molar-refractivity contribution in [3.8, 4) is 0 Å². The first kappa shape index (κ1) is 22.6. The van der Waals surface area contributed by atoms with Gasteiger partial charge in [-0.3, -0.25) is 9.89 Å². The maximum absolute atomic E-state index is 9.80. The molecule has 162 valence electrons. The third-order valence-corrected chi connectivity index (χ3v) is 5.65. The molecule has 0 spiro atoms. The molecule has 0 bridgehead atoms. The second kappa shape index (κ2) is 11.9. The molecular formula is C23H31ClN4O2. The lowest BCUT2D eigenvalue weighted by atomic mass is 10.0. The van der Waals surface area contributed by atoms with Gasteiger partial charge in [-0.15, -0.1) is 0 Å². The Hall–Kier alpha value is -2.12. The van der Waals surface area contributed by atoms with Gasteiger partial charge in [0.05, 0.1) is 25.9 Å². The van der Waals surface area contributed by atoms with Gasteiger partial charge in [-0.1, -0.05) is 54.1 Å². The average molecular weight is 431 g/mol. The molecule has 7 heteroatoms. The van der Waals surface area contributed by atoms with E-state index in [0.717, 1.165) is 36.9 Å². The summed E-state index contributed by atoms with van der Waals surface area (Å²) in [7, 11) is 1.76. The smallest absolute Gasteiger partial charge is 0.191 e. The van der Waals surface area contributed by atoms with Crippen LogP contribution in [0.4, 0.5) is 0 Å². The number of ether oxygens (including phenoxy) is 1. The van der Waals surface area contributed by atoms with Crippen molar-refractivity contribution >= 4 is 17.6 Å². The second-order valence-electron chi connectivity index (χ2n) is 7.34. The Labute approximate surface area is 183 Å². The molecule has 1 aliphatic rings. The van der Waals surface area contributed by atoms with Gasteiger partial charge in [0, 0.05) is 44.2 Å². The predicted molar refractivity (Wildman–Crippen MR) is 122 cm³/mol. The van der Waals surface area contributed by atoms with E-state index in [1.54, 1.807) is 7.05 Å². The molecule has 0 aliphatic carbocycles. The van der Waals surface area contributed by atoms with Crippen LogP contribution in [0.25, 0.3) is 0 Å². The van der Waals surface area contributed by atoms with Crippen LogP contribution in [0, 0.1) is 0 Å². The highest BCUT2D eigenvalue weighted by atomic mass is 35.5. The standard InChI is InChI=1S/C23H31ClN4O2/c1-25-23(26-15-20(17-29)18-6-3-2-4-7-18)27-16-22(28-10-12-30-13-11-28)19-8-5-9-21(24)14-19/h2-9,14,20,22,29H,10-13,15-17H2,1H3,(H2,25,26,27). The van der Waals surface area contributed by atoms with Gasteiger partial charge in [-0.25, -0.2) is 0 Å². The number of hydrogen-bond donors (Lipinski definition) is 3. The molecule has 0 amide bonds. The number of morpholine rings is 1. The number of aliphatic imine (C=N–C) groups is 1. The van der Waals surface area contributed by atoms with Crippen LogP contribution in [-0.2, 0) is 4.74 Å². The van der Waals surface area contributed by atoms with E-state index in [1.165, 1.54) is 5.56 Å². The summed E-state index contributed by atoms with van der Waals surface area (Å²) in [5.74, 6) is 0.720. The number of nitrogens with one attached hydrogen (secondary N) is 2. The fraction of sp³-hybridized carbons (Fsp3) is 0.435. The molecule has 0 saturated carbocycles. The van der Waals surface area contributed by atoms with E-state index >= 15 is 0 Å². The Kier molecular flexibility index (Phi) is 8.96. The van der Waals surface area contributed by atoms with Crippen molar-refractivity contribution in [2.75, 3.05) is 53.0 Å². The van der Waals surface area contributed by atoms with Crippen LogP contribution in [0.1, 0.15) is 23.1 Å². The molecule has 2 atom stereocenters. The van der Waals surface area contributed by atoms with Gasteiger partial charge in [0.25, 0.3) is 0 Å². The molecule has 3 N–H and O–H groups in total. The highest BCUT2D eigenvalue weighted by Crippen LogP contribution is 2.24. The minimum Gasteiger partial charge on any atom is -0.396 e. The lowest BCUT2D eigenvalue weighted by Crippen LogP contribution is -2.47. The molecule has 3 rings (SSSR count). The normalized spacial score (nSPS) is 17.4. The monoisotopic (exact) mass is 430 g/mol. The Morgan fingerprint density at radius 2 is 1.77 bits per heavy atom. The quantitative estimate of drug-likeness (QED) is 0.443. The topological polar surface area (TPSA) is 69.1 Å². The zero-order valence-electron chi connectivity index (χ0n) is 17.4. The number of aliphatic hydroxyl groups excluding tert-OH is 1. The summed E-state index contributed by atoms with van der Waals surface area (Å²) in [5.41, 5.74) is 2.28. The summed E-state index contributed by atoms with van der Waals surface area (Å²) < 4.78 is 5.53. The Balaban J connectivity index is 1.62. The molecule has 1 fully saturated rings. The first-order valence-electron chi connectivity index (χ1n) is 10.4. The summed E-state index contributed by atoms with van der Waals surface area (Å²) in [6.45, 7) is 4.59. The van der Waals surface area contributed by atoms with Gasteiger partial charge < -0.3 is 20.5 Å². The van der Waals surface area contributed by atoms with Crippen LogP contribution in [0.5, 0.6) is 0 Å². The number of halogens is 1. The third kappa shape index (κ3) is 6.44. The summed E-state index contributed by atoms with van der Waals surface area (Å²) in [6, 6.07) is 18.2. The van der Waals surface area contributed by atoms with E-state index in [9.17, 15) is 5.11 Å². The molecule has 1 saturated heterocycles. The molecule has 1 heterocycles. The molecule has 6 nitrogen and oxygen atoms in total. The van der Waals surface area contributed by atoms with Crippen LogP contribution in [0.2, 0.25) is 5.02 Å². The molecule has 2 unspecified atom stereocenters. The van der Waals surface area contributed by atoms with Gasteiger partial charge in [0.15, 0.2) is 5.96 Å². The van der Waals surface area contributed by atoms with Crippen LogP contribution >= 0.6 is 11.6 Å². The minimum absolute atomic E-state index is 0.00715. The highest BCUT2D eigenvalue weighted by Gasteiger charge is 2.23. The van der Waals surface area contributed by atoms with Crippen molar-refractivity contribution in [1.29, 1.82) is 0 Å². The SMILES string of the molecule is CN=C(NCC(CO)c1ccccc1)NCC(c1cccc(Cl)c1)N1CCOCC1. The van der Waals surface area contributed by atoms with Crippen LogP contribution in [0.3, 0.4) is 0 Å². The summed E-state index contributed by atoms with van der Waals surface area (Å²) in [5, 5.41) is 17.3. The summed E-state index contributed by atoms with van der Waals surface area (Å²) in [4.78, 5) is 6.77. The van der Waals surface area contributed by atoms with Gasteiger partial charge in [-0.05, 0) is 23.3 Å². The van der Waals surface area contributed by atoms with E-state index in [4.69, 9.17) is 16.3 Å². The fourth-order valence-corrected chi connectivity index (χ4v) is 3.91. The van der Waals surface area contributed by atoms with E-state index in [0.29, 0.717) is 19.0 Å². The summed E-state index contributed by atoms with van der Waals surface area (Å²) >= 11 is 6.25. The largest absolute Gasteiger partial charge is 0.396 e. The van der Waals surface area contributed by atoms with E-state index in [1.807, 2.05) is 48.5 Å². The Morgan fingerprint density at radius 1 is 1.07 bits per heavy atom. The predicted octanol–water partition coefficient (Wildman–Crippen LogP) is 2.65. The number of rotatable bonds is 8. The van der Waals surface area contributed by atoms with Gasteiger partial charge in [0.2, 0.25) is 0 Å². The molecule has 2 aromatic carbocycles. The maximum Gasteiger partial charge on any atom is 0.191 e. The molecule has 1 aliphatic heterocycles.